The Morgan fingerprint density at radius 1 is 1.12 bits per heavy atom. The number of nitrogens with zero attached hydrogens (tertiary/aromatic N) is 5. The van der Waals surface area contributed by atoms with Gasteiger partial charge in [-0.2, -0.15) is 5.10 Å². The molecule has 2 unspecified atom stereocenters. The summed E-state index contributed by atoms with van der Waals surface area (Å²) in [6.07, 6.45) is 8.39. The molecule has 4 aromatic rings. The van der Waals surface area contributed by atoms with Gasteiger partial charge in [0.15, 0.2) is 5.65 Å². The fourth-order valence-electron chi connectivity index (χ4n) is 4.47. The highest BCUT2D eigenvalue weighted by atomic mass is 16.2. The van der Waals surface area contributed by atoms with E-state index in [1.165, 1.54) is 5.70 Å². The molecule has 158 valence electrons. The van der Waals surface area contributed by atoms with Crippen LogP contribution in [0.2, 0.25) is 0 Å². The van der Waals surface area contributed by atoms with E-state index in [1.54, 1.807) is 23.0 Å². The molecule has 1 saturated heterocycles. The van der Waals surface area contributed by atoms with Crippen LogP contribution in [0.25, 0.3) is 28.2 Å². The van der Waals surface area contributed by atoms with Crippen molar-refractivity contribution < 1.29 is 4.79 Å². The number of fused-ring (bicyclic) bond motifs is 4. The number of carbonyl (C=O) groups is 1. The minimum absolute atomic E-state index is 0.0274. The van der Waals surface area contributed by atoms with Crippen LogP contribution in [0.5, 0.6) is 0 Å². The Kier molecular flexibility index (Phi) is 4.28. The Labute approximate surface area is 185 Å². The average Bonchev–Trinajstić information content (AvgIpc) is 3.08. The van der Waals surface area contributed by atoms with Gasteiger partial charge in [-0.15, -0.1) is 0 Å². The molecule has 0 spiro atoms. The number of benzene rings is 1. The molecule has 5 heterocycles. The third kappa shape index (κ3) is 3.05. The van der Waals surface area contributed by atoms with Crippen LogP contribution in [0.1, 0.15) is 23.7 Å². The van der Waals surface area contributed by atoms with Gasteiger partial charge < -0.3 is 10.2 Å². The molecule has 1 N–H and O–H groups in total. The quantitative estimate of drug-likeness (QED) is 0.547. The molecule has 0 radical (unpaired) electrons. The van der Waals surface area contributed by atoms with Crippen LogP contribution in [0, 0.1) is 0 Å². The van der Waals surface area contributed by atoms with E-state index in [-0.39, 0.29) is 18.0 Å². The Balaban J connectivity index is 1.38. The molecule has 7 heteroatoms. The molecule has 1 aromatic carbocycles. The standard InChI is InChI=1S/C25H22N6O/c1-16-14-27-19-12-20(13-19)31(16)25(32)18-7-9-26-23(11-18)21-15-28-30-10-8-22(29-24(21)30)17-5-3-2-4-6-17/h2-12,15-16,20,27H,13-14H2,1H3. The lowest BCUT2D eigenvalue weighted by molar-refractivity contribution is 0.0645. The number of amides is 1. The van der Waals surface area contributed by atoms with Gasteiger partial charge in [-0.25, -0.2) is 9.50 Å². The second kappa shape index (κ2) is 7.30. The summed E-state index contributed by atoms with van der Waals surface area (Å²) in [5.74, 6) is 0.0274. The first-order chi connectivity index (χ1) is 15.7. The zero-order valence-corrected chi connectivity index (χ0v) is 17.6. The number of hydrogen-bond acceptors (Lipinski definition) is 5. The van der Waals surface area contributed by atoms with E-state index in [2.05, 4.69) is 28.4 Å². The first-order valence-electron chi connectivity index (χ1n) is 10.8. The summed E-state index contributed by atoms with van der Waals surface area (Å²) < 4.78 is 1.74. The van der Waals surface area contributed by atoms with E-state index < -0.39 is 0 Å². The van der Waals surface area contributed by atoms with Crippen molar-refractivity contribution in [3.8, 4) is 22.5 Å². The minimum atomic E-state index is 0.0274. The van der Waals surface area contributed by atoms with Crippen molar-refractivity contribution in [2.45, 2.75) is 25.4 Å². The maximum absolute atomic E-state index is 13.4. The van der Waals surface area contributed by atoms with Gasteiger partial charge in [0.05, 0.1) is 29.2 Å². The lowest BCUT2D eigenvalue weighted by Gasteiger charge is -2.35. The zero-order valence-electron chi connectivity index (χ0n) is 17.6. The molecular formula is C25H22N6O. The van der Waals surface area contributed by atoms with E-state index >= 15 is 0 Å². The summed E-state index contributed by atoms with van der Waals surface area (Å²) in [7, 11) is 0. The van der Waals surface area contributed by atoms with E-state index in [0.717, 1.165) is 29.8 Å². The highest BCUT2D eigenvalue weighted by molar-refractivity contribution is 5.96. The number of rotatable bonds is 3. The normalized spacial score (nSPS) is 19.7. The van der Waals surface area contributed by atoms with Crippen molar-refractivity contribution in [3.05, 3.63) is 84.5 Å². The van der Waals surface area contributed by atoms with Crippen LogP contribution in [0.4, 0.5) is 0 Å². The smallest absolute Gasteiger partial charge is 0.254 e. The van der Waals surface area contributed by atoms with Crippen molar-refractivity contribution in [3.63, 3.8) is 0 Å². The maximum Gasteiger partial charge on any atom is 0.254 e. The largest absolute Gasteiger partial charge is 0.386 e. The van der Waals surface area contributed by atoms with E-state index in [0.29, 0.717) is 16.9 Å². The van der Waals surface area contributed by atoms with Crippen molar-refractivity contribution in [1.82, 2.24) is 29.8 Å². The topological polar surface area (TPSA) is 75.4 Å². The lowest BCUT2D eigenvalue weighted by atomic mass is 9.97. The predicted octanol–water partition coefficient (Wildman–Crippen LogP) is 3.55. The Morgan fingerprint density at radius 2 is 1.97 bits per heavy atom. The van der Waals surface area contributed by atoms with Crippen molar-refractivity contribution in [2.24, 2.45) is 0 Å². The first kappa shape index (κ1) is 18.7. The predicted molar refractivity (Wildman–Crippen MR) is 122 cm³/mol. The molecule has 3 aromatic heterocycles. The maximum atomic E-state index is 13.4. The summed E-state index contributed by atoms with van der Waals surface area (Å²) >= 11 is 0. The van der Waals surface area contributed by atoms with Gasteiger partial charge >= 0.3 is 0 Å². The zero-order chi connectivity index (χ0) is 21.7. The molecule has 1 fully saturated rings. The Morgan fingerprint density at radius 3 is 2.81 bits per heavy atom. The Hall–Kier alpha value is -4.00. The van der Waals surface area contributed by atoms with E-state index in [4.69, 9.17) is 4.98 Å². The summed E-state index contributed by atoms with van der Waals surface area (Å²) in [6, 6.07) is 15.9. The molecule has 7 rings (SSSR count). The molecule has 3 aliphatic rings. The van der Waals surface area contributed by atoms with Gasteiger partial charge in [0.2, 0.25) is 0 Å². The summed E-state index contributed by atoms with van der Waals surface area (Å²) in [5.41, 5.74) is 5.97. The van der Waals surface area contributed by atoms with Crippen molar-refractivity contribution >= 4 is 11.6 Å². The number of nitrogens with one attached hydrogen (secondary N) is 1. The lowest BCUT2D eigenvalue weighted by Crippen LogP contribution is -2.46. The van der Waals surface area contributed by atoms with Crippen LogP contribution in [-0.4, -0.2) is 49.0 Å². The van der Waals surface area contributed by atoms with Crippen LogP contribution >= 0.6 is 0 Å². The molecule has 7 nitrogen and oxygen atoms in total. The van der Waals surface area contributed by atoms with E-state index in [1.807, 2.05) is 53.6 Å². The summed E-state index contributed by atoms with van der Waals surface area (Å²) in [4.78, 5) is 24.8. The van der Waals surface area contributed by atoms with E-state index in [9.17, 15) is 4.79 Å². The van der Waals surface area contributed by atoms with Crippen LogP contribution < -0.4 is 5.32 Å². The fourth-order valence-corrected chi connectivity index (χ4v) is 4.47. The molecule has 1 amide bonds. The van der Waals surface area contributed by atoms with Crippen LogP contribution in [0.3, 0.4) is 0 Å². The average molecular weight is 422 g/mol. The van der Waals surface area contributed by atoms with Gasteiger partial charge in [-0.1, -0.05) is 30.3 Å². The molecular weight excluding hydrogens is 400 g/mol. The number of hydrogen-bond donors (Lipinski definition) is 1. The number of pyridine rings is 1. The highest BCUT2D eigenvalue weighted by Gasteiger charge is 2.36. The van der Waals surface area contributed by atoms with Gasteiger partial charge in [-0.3, -0.25) is 9.78 Å². The summed E-state index contributed by atoms with van der Waals surface area (Å²) in [6.45, 7) is 2.86. The monoisotopic (exact) mass is 422 g/mol. The SMILES string of the molecule is CC1CNC2=CC(C2)N1C(=O)c1ccnc(-c2cnn3ccc(-c4ccccc4)nc23)c1. The molecule has 2 atom stereocenters. The van der Waals surface area contributed by atoms with Crippen molar-refractivity contribution in [1.29, 1.82) is 0 Å². The first-order valence-corrected chi connectivity index (χ1v) is 10.8. The van der Waals surface area contributed by atoms with Crippen LogP contribution in [-0.2, 0) is 0 Å². The second-order valence-corrected chi connectivity index (χ2v) is 8.34. The molecule has 2 aliphatic heterocycles. The number of carbonyl (C=O) groups excluding carboxylic acids is 1. The van der Waals surface area contributed by atoms with Crippen LogP contribution in [0.15, 0.2) is 78.9 Å². The second-order valence-electron chi connectivity index (χ2n) is 8.34. The molecule has 1 aliphatic carbocycles. The molecule has 32 heavy (non-hydrogen) atoms. The third-order valence-electron chi connectivity index (χ3n) is 6.24. The molecule has 0 saturated carbocycles. The van der Waals surface area contributed by atoms with Crippen molar-refractivity contribution in [2.75, 3.05) is 6.54 Å². The van der Waals surface area contributed by atoms with Gasteiger partial charge in [-0.05, 0) is 31.2 Å². The fraction of sp³-hybridized carbons (Fsp3) is 0.200. The summed E-state index contributed by atoms with van der Waals surface area (Å²) in [5, 5.41) is 7.84. The van der Waals surface area contributed by atoms with Gasteiger partial charge in [0.25, 0.3) is 5.91 Å². The van der Waals surface area contributed by atoms with Gasteiger partial charge in [0, 0.05) is 48.2 Å². The third-order valence-corrected chi connectivity index (χ3v) is 6.24. The Bertz CT molecular complexity index is 1360. The molecule has 2 bridgehead atoms. The van der Waals surface area contributed by atoms with Gasteiger partial charge in [0.1, 0.15) is 0 Å². The highest BCUT2D eigenvalue weighted by Crippen LogP contribution is 2.30. The minimum Gasteiger partial charge on any atom is -0.386 e. The number of aromatic nitrogens is 4.